The Morgan fingerprint density at radius 3 is 2.58 bits per heavy atom. The SMILES string of the molecule is O=C(CCOc1ccccc1F)NCCCSc1ccc(F)cc1. The second-order valence-corrected chi connectivity index (χ2v) is 6.20. The molecule has 2 aromatic carbocycles. The fraction of sp³-hybridized carbons (Fsp3) is 0.278. The molecule has 0 spiro atoms. The Bertz CT molecular complexity index is 650. The molecule has 1 amide bonds. The first-order chi connectivity index (χ1) is 11.6. The number of ether oxygens (including phenoxy) is 1. The number of rotatable bonds is 9. The minimum Gasteiger partial charge on any atom is -0.490 e. The van der Waals surface area contributed by atoms with E-state index in [9.17, 15) is 13.6 Å². The third-order valence-electron chi connectivity index (χ3n) is 3.15. The number of thioether (sulfide) groups is 1. The van der Waals surface area contributed by atoms with Gasteiger partial charge in [-0.1, -0.05) is 12.1 Å². The zero-order valence-electron chi connectivity index (χ0n) is 13.1. The molecule has 128 valence electrons. The van der Waals surface area contributed by atoms with Gasteiger partial charge in [0.25, 0.3) is 0 Å². The van der Waals surface area contributed by atoms with Gasteiger partial charge >= 0.3 is 0 Å². The molecule has 1 N–H and O–H groups in total. The molecule has 0 saturated heterocycles. The Morgan fingerprint density at radius 2 is 1.83 bits per heavy atom. The first kappa shape index (κ1) is 18.3. The number of halogens is 2. The van der Waals surface area contributed by atoms with Gasteiger partial charge in [-0.05, 0) is 48.6 Å². The lowest BCUT2D eigenvalue weighted by atomic mass is 10.3. The van der Waals surface area contributed by atoms with E-state index in [4.69, 9.17) is 4.74 Å². The van der Waals surface area contributed by atoms with Crippen LogP contribution in [0.2, 0.25) is 0 Å². The van der Waals surface area contributed by atoms with Crippen LogP contribution in [0.5, 0.6) is 5.75 Å². The van der Waals surface area contributed by atoms with Gasteiger partial charge in [0, 0.05) is 11.4 Å². The third kappa shape index (κ3) is 6.58. The summed E-state index contributed by atoms with van der Waals surface area (Å²) in [6.45, 7) is 0.698. The Morgan fingerprint density at radius 1 is 1.08 bits per heavy atom. The van der Waals surface area contributed by atoms with Crippen LogP contribution < -0.4 is 10.1 Å². The van der Waals surface area contributed by atoms with Crippen LogP contribution >= 0.6 is 11.8 Å². The van der Waals surface area contributed by atoms with E-state index < -0.39 is 5.82 Å². The molecule has 24 heavy (non-hydrogen) atoms. The van der Waals surface area contributed by atoms with Gasteiger partial charge in [0.2, 0.25) is 5.91 Å². The maximum Gasteiger partial charge on any atom is 0.223 e. The Balaban J connectivity index is 1.53. The predicted molar refractivity (Wildman–Crippen MR) is 91.3 cm³/mol. The summed E-state index contributed by atoms with van der Waals surface area (Å²) in [5.74, 6) is 0.177. The molecule has 0 fully saturated rings. The van der Waals surface area contributed by atoms with E-state index in [0.717, 1.165) is 17.1 Å². The van der Waals surface area contributed by atoms with Gasteiger partial charge < -0.3 is 10.1 Å². The van der Waals surface area contributed by atoms with Gasteiger partial charge in [-0.3, -0.25) is 4.79 Å². The number of benzene rings is 2. The highest BCUT2D eigenvalue weighted by molar-refractivity contribution is 7.99. The summed E-state index contributed by atoms with van der Waals surface area (Å²) in [5, 5.41) is 2.79. The van der Waals surface area contributed by atoms with Crippen LogP contribution in [0.25, 0.3) is 0 Å². The first-order valence-corrected chi connectivity index (χ1v) is 8.66. The highest BCUT2D eigenvalue weighted by Crippen LogP contribution is 2.18. The topological polar surface area (TPSA) is 38.3 Å². The standard InChI is InChI=1S/C18H19F2NO2S/c19-14-6-8-15(9-7-14)24-13-3-11-21-18(22)10-12-23-17-5-2-1-4-16(17)20/h1-2,4-9H,3,10-13H2,(H,21,22). The molecule has 2 rings (SSSR count). The van der Waals surface area contributed by atoms with E-state index in [0.29, 0.717) is 6.54 Å². The molecule has 0 bridgehead atoms. The van der Waals surface area contributed by atoms with Gasteiger partial charge in [0.1, 0.15) is 5.82 Å². The van der Waals surface area contributed by atoms with Crippen molar-refractivity contribution in [3.05, 3.63) is 60.2 Å². The Labute approximate surface area is 144 Å². The minimum absolute atomic E-state index is 0.127. The number of carbonyl (C=O) groups excluding carboxylic acids is 1. The van der Waals surface area contributed by atoms with Gasteiger partial charge in [0.05, 0.1) is 13.0 Å². The third-order valence-corrected chi connectivity index (χ3v) is 4.25. The summed E-state index contributed by atoms with van der Waals surface area (Å²) in [5.41, 5.74) is 0. The van der Waals surface area contributed by atoms with Crippen LogP contribution in [0.15, 0.2) is 53.4 Å². The molecular weight excluding hydrogens is 332 g/mol. The maximum atomic E-state index is 13.3. The molecule has 0 aromatic heterocycles. The van der Waals surface area contributed by atoms with Crippen LogP contribution in [0.4, 0.5) is 8.78 Å². The zero-order chi connectivity index (χ0) is 17.2. The van der Waals surface area contributed by atoms with Crippen LogP contribution in [0.3, 0.4) is 0 Å². The molecular formula is C18H19F2NO2S. The second kappa shape index (κ2) is 9.93. The summed E-state index contributed by atoms with van der Waals surface area (Å²) >= 11 is 1.61. The van der Waals surface area contributed by atoms with Gasteiger partial charge in [-0.15, -0.1) is 11.8 Å². The normalized spacial score (nSPS) is 10.4. The molecule has 0 unspecified atom stereocenters. The Hall–Kier alpha value is -2.08. The molecule has 0 aliphatic carbocycles. The molecule has 0 heterocycles. The monoisotopic (exact) mass is 351 g/mol. The van der Waals surface area contributed by atoms with Crippen molar-refractivity contribution in [2.75, 3.05) is 18.9 Å². The van der Waals surface area contributed by atoms with Crippen molar-refractivity contribution < 1.29 is 18.3 Å². The molecule has 0 saturated carbocycles. The number of amides is 1. The summed E-state index contributed by atoms with van der Waals surface area (Å²) in [6, 6.07) is 12.4. The second-order valence-electron chi connectivity index (χ2n) is 5.03. The van der Waals surface area contributed by atoms with Crippen molar-refractivity contribution in [3.63, 3.8) is 0 Å². The van der Waals surface area contributed by atoms with Crippen molar-refractivity contribution in [1.82, 2.24) is 5.32 Å². The molecule has 0 aliphatic rings. The van der Waals surface area contributed by atoms with E-state index in [1.54, 1.807) is 36.0 Å². The average molecular weight is 351 g/mol. The minimum atomic E-state index is -0.435. The van der Waals surface area contributed by atoms with Crippen molar-refractivity contribution in [3.8, 4) is 5.75 Å². The van der Waals surface area contributed by atoms with Gasteiger partial charge in [0.15, 0.2) is 11.6 Å². The van der Waals surface area contributed by atoms with Gasteiger partial charge in [-0.2, -0.15) is 0 Å². The lowest BCUT2D eigenvalue weighted by molar-refractivity contribution is -0.121. The number of hydrogen-bond acceptors (Lipinski definition) is 3. The largest absolute Gasteiger partial charge is 0.490 e. The molecule has 3 nitrogen and oxygen atoms in total. The van der Waals surface area contributed by atoms with Crippen LogP contribution in [-0.4, -0.2) is 24.8 Å². The quantitative estimate of drug-likeness (QED) is 0.547. The lowest BCUT2D eigenvalue weighted by Crippen LogP contribution is -2.26. The maximum absolute atomic E-state index is 13.3. The van der Waals surface area contributed by atoms with Crippen LogP contribution in [-0.2, 0) is 4.79 Å². The predicted octanol–water partition coefficient (Wildman–Crippen LogP) is 4.03. The summed E-state index contributed by atoms with van der Waals surface area (Å²) in [7, 11) is 0. The van der Waals surface area contributed by atoms with Crippen molar-refractivity contribution in [1.29, 1.82) is 0 Å². The fourth-order valence-electron chi connectivity index (χ4n) is 1.92. The van der Waals surface area contributed by atoms with E-state index in [1.807, 2.05) is 0 Å². The molecule has 0 atom stereocenters. The lowest BCUT2D eigenvalue weighted by Gasteiger charge is -2.08. The number of carbonyl (C=O) groups is 1. The highest BCUT2D eigenvalue weighted by Gasteiger charge is 2.04. The average Bonchev–Trinajstić information content (AvgIpc) is 2.58. The van der Waals surface area contributed by atoms with Crippen molar-refractivity contribution in [2.45, 2.75) is 17.7 Å². The molecule has 2 aromatic rings. The van der Waals surface area contributed by atoms with Crippen molar-refractivity contribution >= 4 is 17.7 Å². The summed E-state index contributed by atoms with van der Waals surface area (Å²) in [6.07, 6.45) is 0.987. The van der Waals surface area contributed by atoms with E-state index in [1.165, 1.54) is 24.3 Å². The number of hydrogen-bond donors (Lipinski definition) is 1. The fourth-order valence-corrected chi connectivity index (χ4v) is 2.78. The van der Waals surface area contributed by atoms with Crippen molar-refractivity contribution in [2.24, 2.45) is 0 Å². The molecule has 6 heteroatoms. The van der Waals surface area contributed by atoms with Crippen LogP contribution in [0, 0.1) is 11.6 Å². The van der Waals surface area contributed by atoms with E-state index in [2.05, 4.69) is 5.32 Å². The van der Waals surface area contributed by atoms with Gasteiger partial charge in [-0.25, -0.2) is 8.78 Å². The van der Waals surface area contributed by atoms with Crippen LogP contribution in [0.1, 0.15) is 12.8 Å². The van der Waals surface area contributed by atoms with E-state index in [-0.39, 0.29) is 30.5 Å². The smallest absolute Gasteiger partial charge is 0.223 e. The van der Waals surface area contributed by atoms with E-state index >= 15 is 0 Å². The summed E-state index contributed by atoms with van der Waals surface area (Å²) in [4.78, 5) is 12.7. The Kier molecular flexibility index (Phi) is 7.55. The molecule has 0 aliphatic heterocycles. The molecule has 0 radical (unpaired) electrons. The zero-order valence-corrected chi connectivity index (χ0v) is 14.0. The summed E-state index contributed by atoms with van der Waals surface area (Å²) < 4.78 is 31.3. The highest BCUT2D eigenvalue weighted by atomic mass is 32.2. The first-order valence-electron chi connectivity index (χ1n) is 7.67. The number of para-hydroxylation sites is 1. The number of nitrogens with one attached hydrogen (secondary N) is 1.